The van der Waals surface area contributed by atoms with Gasteiger partial charge >= 0.3 is 23.9 Å². The second-order valence-electron chi connectivity index (χ2n) is 5.01. The van der Waals surface area contributed by atoms with Crippen molar-refractivity contribution in [2.45, 2.75) is 18.0 Å². The summed E-state index contributed by atoms with van der Waals surface area (Å²) in [6.45, 7) is 0. The van der Waals surface area contributed by atoms with Gasteiger partial charge in [0.15, 0.2) is 0 Å². The molecule has 0 aromatic heterocycles. The van der Waals surface area contributed by atoms with Crippen molar-refractivity contribution in [3.05, 3.63) is 23.8 Å². The standard InChI is InChI=1S/C11H10BF6NO5S/c12-6-3-5(1-2-7(6)19)8(20)24-9(10(13,14)15,11(16,17)18)4-25(21,22)23/h1-3H,4,12,19H2,(H,21,22,23). The van der Waals surface area contributed by atoms with Gasteiger partial charge in [0.2, 0.25) is 0 Å². The van der Waals surface area contributed by atoms with Gasteiger partial charge in [-0.05, 0) is 12.1 Å². The normalized spacial score (nSPS) is 13.6. The average molecular weight is 393 g/mol. The van der Waals surface area contributed by atoms with Crippen LogP contribution in [0.4, 0.5) is 32.0 Å². The summed E-state index contributed by atoms with van der Waals surface area (Å²) in [5.41, 5.74) is -0.488. The molecule has 25 heavy (non-hydrogen) atoms. The van der Waals surface area contributed by atoms with Crippen molar-refractivity contribution in [3.8, 4) is 0 Å². The third-order valence-electron chi connectivity index (χ3n) is 3.07. The number of benzene rings is 1. The summed E-state index contributed by atoms with van der Waals surface area (Å²) in [6.07, 6.45) is -12.8. The summed E-state index contributed by atoms with van der Waals surface area (Å²) < 4.78 is 112. The molecule has 1 aromatic carbocycles. The molecule has 0 saturated heterocycles. The summed E-state index contributed by atoms with van der Waals surface area (Å²) >= 11 is 0. The highest BCUT2D eigenvalue weighted by atomic mass is 32.2. The van der Waals surface area contributed by atoms with Crippen molar-refractivity contribution < 1.29 is 48.8 Å². The molecule has 0 spiro atoms. The lowest BCUT2D eigenvalue weighted by atomic mass is 9.92. The Hall–Kier alpha value is -1.96. The van der Waals surface area contributed by atoms with E-state index in [1.165, 1.54) is 7.85 Å². The fourth-order valence-electron chi connectivity index (χ4n) is 1.75. The van der Waals surface area contributed by atoms with Gasteiger partial charge in [-0.3, -0.25) is 4.55 Å². The monoisotopic (exact) mass is 393 g/mol. The molecule has 0 aliphatic rings. The molecular weight excluding hydrogens is 383 g/mol. The molecule has 0 atom stereocenters. The number of halogens is 6. The number of nitrogens with two attached hydrogens (primary N) is 1. The molecule has 3 N–H and O–H groups in total. The fraction of sp³-hybridized carbons (Fsp3) is 0.364. The molecule has 0 fully saturated rings. The maximum absolute atomic E-state index is 13.0. The highest BCUT2D eigenvalue weighted by Crippen LogP contribution is 2.47. The maximum atomic E-state index is 13.0. The number of nitrogen functional groups attached to an aromatic ring is 1. The summed E-state index contributed by atoms with van der Waals surface area (Å²) in [5.74, 6) is -5.03. The SMILES string of the molecule is Bc1cc(C(=O)OC(CS(=O)(=O)O)(C(F)(F)F)C(F)(F)F)ccc1N. The first-order valence-electron chi connectivity index (χ1n) is 6.18. The molecule has 0 bridgehead atoms. The van der Waals surface area contributed by atoms with Crippen LogP contribution in [0.25, 0.3) is 0 Å². The van der Waals surface area contributed by atoms with Crippen LogP contribution in [0.1, 0.15) is 10.4 Å². The molecule has 1 aromatic rings. The van der Waals surface area contributed by atoms with Gasteiger partial charge in [-0.1, -0.05) is 11.5 Å². The number of carbonyl (C=O) groups is 1. The van der Waals surface area contributed by atoms with Crippen LogP contribution in [0.15, 0.2) is 18.2 Å². The van der Waals surface area contributed by atoms with E-state index in [0.29, 0.717) is 0 Å². The number of hydrogen-bond donors (Lipinski definition) is 2. The predicted molar refractivity (Wildman–Crippen MR) is 75.7 cm³/mol. The minimum atomic E-state index is -6.38. The molecule has 0 heterocycles. The molecule has 0 aliphatic carbocycles. The van der Waals surface area contributed by atoms with Gasteiger partial charge in [0.1, 0.15) is 13.6 Å². The Morgan fingerprint density at radius 3 is 2.00 bits per heavy atom. The van der Waals surface area contributed by atoms with Crippen LogP contribution >= 0.6 is 0 Å². The number of alkyl halides is 6. The first-order chi connectivity index (χ1) is 11.0. The van der Waals surface area contributed by atoms with Crippen molar-refractivity contribution in [2.75, 3.05) is 11.5 Å². The zero-order valence-electron chi connectivity index (χ0n) is 12.3. The van der Waals surface area contributed by atoms with E-state index in [2.05, 4.69) is 4.74 Å². The van der Waals surface area contributed by atoms with Crippen LogP contribution in [-0.4, -0.2) is 50.5 Å². The van der Waals surface area contributed by atoms with Gasteiger partial charge in [-0.15, -0.1) is 0 Å². The second kappa shape index (κ2) is 6.40. The van der Waals surface area contributed by atoms with Gasteiger partial charge in [-0.2, -0.15) is 34.8 Å². The Morgan fingerprint density at radius 2 is 1.64 bits per heavy atom. The lowest BCUT2D eigenvalue weighted by Crippen LogP contribution is -2.63. The lowest BCUT2D eigenvalue weighted by Gasteiger charge is -2.35. The molecule has 1 rings (SSSR count). The van der Waals surface area contributed by atoms with Crippen LogP contribution in [0.2, 0.25) is 0 Å². The molecule has 14 heteroatoms. The van der Waals surface area contributed by atoms with Crippen molar-refractivity contribution in [1.29, 1.82) is 0 Å². The topological polar surface area (TPSA) is 107 Å². The molecule has 0 radical (unpaired) electrons. The van der Waals surface area contributed by atoms with Gasteiger partial charge < -0.3 is 10.5 Å². The van der Waals surface area contributed by atoms with Gasteiger partial charge in [-0.25, -0.2) is 4.79 Å². The molecule has 140 valence electrons. The zero-order chi connectivity index (χ0) is 19.8. The maximum Gasteiger partial charge on any atom is 0.438 e. The number of ether oxygens (including phenoxy) is 1. The zero-order valence-corrected chi connectivity index (χ0v) is 13.1. The Bertz CT molecular complexity index is 762. The third kappa shape index (κ3) is 4.57. The van der Waals surface area contributed by atoms with E-state index >= 15 is 0 Å². The third-order valence-corrected chi connectivity index (χ3v) is 3.85. The Kier molecular flexibility index (Phi) is 5.40. The Labute approximate surface area is 138 Å². The van der Waals surface area contributed by atoms with E-state index in [0.717, 1.165) is 18.2 Å². The largest absolute Gasteiger partial charge is 0.438 e. The molecule has 6 nitrogen and oxygen atoms in total. The van der Waals surface area contributed by atoms with Crippen LogP contribution in [0.3, 0.4) is 0 Å². The Balaban J connectivity index is 3.46. The van der Waals surface area contributed by atoms with Crippen LogP contribution in [0.5, 0.6) is 0 Å². The highest BCUT2D eigenvalue weighted by Gasteiger charge is 2.76. The van der Waals surface area contributed by atoms with E-state index in [-0.39, 0.29) is 11.2 Å². The van der Waals surface area contributed by atoms with Crippen molar-refractivity contribution >= 4 is 35.1 Å². The van der Waals surface area contributed by atoms with E-state index in [4.69, 9.17) is 10.3 Å². The van der Waals surface area contributed by atoms with Crippen LogP contribution < -0.4 is 11.2 Å². The van der Waals surface area contributed by atoms with E-state index in [9.17, 15) is 39.6 Å². The smallest absolute Gasteiger partial charge is 0.435 e. The molecule has 0 amide bonds. The Morgan fingerprint density at radius 1 is 1.16 bits per heavy atom. The number of anilines is 1. The fourth-order valence-corrected chi connectivity index (χ4v) is 2.65. The molecule has 0 aliphatic heterocycles. The quantitative estimate of drug-likeness (QED) is 0.253. The second-order valence-corrected chi connectivity index (χ2v) is 6.46. The first kappa shape index (κ1) is 21.1. The number of carbonyl (C=O) groups excluding carboxylic acids is 1. The first-order valence-corrected chi connectivity index (χ1v) is 7.79. The van der Waals surface area contributed by atoms with Gasteiger partial charge in [0.05, 0.1) is 5.56 Å². The number of esters is 1. The van der Waals surface area contributed by atoms with Crippen LogP contribution in [-0.2, 0) is 14.9 Å². The average Bonchev–Trinajstić information content (AvgIpc) is 2.36. The van der Waals surface area contributed by atoms with E-state index < -0.39 is 45.4 Å². The minimum Gasteiger partial charge on any atom is -0.435 e. The van der Waals surface area contributed by atoms with Crippen molar-refractivity contribution in [1.82, 2.24) is 0 Å². The lowest BCUT2D eigenvalue weighted by molar-refractivity contribution is -0.356. The summed E-state index contributed by atoms with van der Waals surface area (Å²) in [6, 6.07) is 2.70. The number of hydrogen-bond acceptors (Lipinski definition) is 5. The number of rotatable bonds is 4. The van der Waals surface area contributed by atoms with Gasteiger partial charge in [0, 0.05) is 5.69 Å². The van der Waals surface area contributed by atoms with E-state index in [1.807, 2.05) is 0 Å². The molecular formula is C11H10BF6NO5S. The highest BCUT2D eigenvalue weighted by molar-refractivity contribution is 7.85. The summed E-state index contributed by atoms with van der Waals surface area (Å²) in [5, 5.41) is 0. The minimum absolute atomic E-state index is 0.104. The van der Waals surface area contributed by atoms with Crippen LogP contribution in [0, 0.1) is 0 Å². The summed E-state index contributed by atoms with van der Waals surface area (Å²) in [7, 11) is -4.50. The van der Waals surface area contributed by atoms with Crippen molar-refractivity contribution in [2.24, 2.45) is 0 Å². The summed E-state index contributed by atoms with van der Waals surface area (Å²) in [4.78, 5) is 11.8. The molecule has 0 saturated carbocycles. The van der Waals surface area contributed by atoms with Gasteiger partial charge in [0.25, 0.3) is 10.1 Å². The van der Waals surface area contributed by atoms with E-state index in [1.54, 1.807) is 0 Å². The predicted octanol–water partition coefficient (Wildman–Crippen LogP) is 0.435. The molecule has 0 unspecified atom stereocenters. The van der Waals surface area contributed by atoms with Crippen molar-refractivity contribution in [3.63, 3.8) is 0 Å².